The standard InChI is InChI=1S/C3H5NO6/c5-1-2(6,7)4-3(8,9)10-1/h4,6-9H. The molecule has 0 aromatic carbocycles. The largest absolute Gasteiger partial charge is 0.399 e. The SMILES string of the molecule is O=C1OC(O)(O)NC1(O)O. The summed E-state index contributed by atoms with van der Waals surface area (Å²) in [6, 6.07) is 0. The van der Waals surface area contributed by atoms with E-state index in [4.69, 9.17) is 20.4 Å². The Morgan fingerprint density at radius 1 is 1.30 bits per heavy atom. The Morgan fingerprint density at radius 2 is 1.80 bits per heavy atom. The highest BCUT2D eigenvalue weighted by molar-refractivity contribution is 5.78. The van der Waals surface area contributed by atoms with Crippen LogP contribution in [-0.4, -0.2) is 38.4 Å². The molecule has 7 heteroatoms. The van der Waals surface area contributed by atoms with Gasteiger partial charge in [0.05, 0.1) is 0 Å². The molecule has 7 nitrogen and oxygen atoms in total. The number of rotatable bonds is 0. The molecule has 0 amide bonds. The zero-order valence-electron chi connectivity index (χ0n) is 4.61. The van der Waals surface area contributed by atoms with Gasteiger partial charge in [0.2, 0.25) is 0 Å². The van der Waals surface area contributed by atoms with Gasteiger partial charge in [0.15, 0.2) is 0 Å². The smallest absolute Gasteiger partial charge is 0.389 e. The van der Waals surface area contributed by atoms with E-state index in [1.807, 2.05) is 0 Å². The lowest BCUT2D eigenvalue weighted by molar-refractivity contribution is -0.324. The van der Waals surface area contributed by atoms with Gasteiger partial charge in [0.1, 0.15) is 0 Å². The number of aliphatic hydroxyl groups is 4. The molecule has 0 saturated carbocycles. The van der Waals surface area contributed by atoms with E-state index in [2.05, 4.69) is 4.74 Å². The van der Waals surface area contributed by atoms with Crippen LogP contribution in [0.3, 0.4) is 0 Å². The molecule has 1 rings (SSSR count). The van der Waals surface area contributed by atoms with Gasteiger partial charge in [-0.2, -0.15) is 5.32 Å². The predicted molar refractivity (Wildman–Crippen MR) is 23.6 cm³/mol. The van der Waals surface area contributed by atoms with Crippen molar-refractivity contribution in [3.05, 3.63) is 0 Å². The number of cyclic esters (lactones) is 1. The minimum absolute atomic E-state index is 1.27. The fourth-order valence-electron chi connectivity index (χ4n) is 0.504. The quantitative estimate of drug-likeness (QED) is 0.179. The molecular formula is C3H5NO6. The van der Waals surface area contributed by atoms with Gasteiger partial charge in [-0.3, -0.25) is 0 Å². The summed E-state index contributed by atoms with van der Waals surface area (Å²) in [6.07, 6.45) is -3.00. The topological polar surface area (TPSA) is 119 Å². The Balaban J connectivity index is 2.81. The number of hydrogen-bond donors (Lipinski definition) is 5. The molecule has 1 fully saturated rings. The van der Waals surface area contributed by atoms with E-state index < -0.39 is 18.0 Å². The van der Waals surface area contributed by atoms with Crippen molar-refractivity contribution in [2.45, 2.75) is 12.0 Å². The van der Waals surface area contributed by atoms with Crippen molar-refractivity contribution in [1.82, 2.24) is 5.32 Å². The maximum absolute atomic E-state index is 10.2. The minimum Gasteiger partial charge on any atom is -0.389 e. The highest BCUT2D eigenvalue weighted by atomic mass is 16.8. The lowest BCUT2D eigenvalue weighted by Crippen LogP contribution is -2.52. The Labute approximate surface area is 54.5 Å². The van der Waals surface area contributed by atoms with Crippen LogP contribution in [-0.2, 0) is 9.53 Å². The Morgan fingerprint density at radius 3 is 1.90 bits per heavy atom. The summed E-state index contributed by atoms with van der Waals surface area (Å²) in [7, 11) is 0. The van der Waals surface area contributed by atoms with Crippen LogP contribution in [0.1, 0.15) is 0 Å². The Bertz CT molecular complexity index is 174. The minimum atomic E-state index is -3.02. The van der Waals surface area contributed by atoms with E-state index in [0.717, 1.165) is 0 Å². The van der Waals surface area contributed by atoms with E-state index in [1.54, 1.807) is 0 Å². The van der Waals surface area contributed by atoms with Crippen molar-refractivity contribution >= 4 is 5.97 Å². The van der Waals surface area contributed by atoms with Crippen molar-refractivity contribution in [2.24, 2.45) is 0 Å². The van der Waals surface area contributed by atoms with Crippen LogP contribution in [0.2, 0.25) is 0 Å². The fourth-order valence-corrected chi connectivity index (χ4v) is 0.504. The summed E-state index contributed by atoms with van der Waals surface area (Å²) in [5.74, 6) is -4.60. The van der Waals surface area contributed by atoms with Crippen LogP contribution in [0.4, 0.5) is 0 Å². The first-order valence-corrected chi connectivity index (χ1v) is 2.26. The molecule has 0 unspecified atom stereocenters. The third-order valence-corrected chi connectivity index (χ3v) is 0.857. The summed E-state index contributed by atoms with van der Waals surface area (Å²) >= 11 is 0. The number of hydrogen-bond acceptors (Lipinski definition) is 7. The number of esters is 1. The molecule has 0 bridgehead atoms. The molecule has 1 aliphatic heterocycles. The number of carbonyl (C=O) groups is 1. The summed E-state index contributed by atoms with van der Waals surface area (Å²) in [4.78, 5) is 10.2. The van der Waals surface area contributed by atoms with Gasteiger partial charge in [0.25, 0.3) is 0 Å². The maximum Gasteiger partial charge on any atom is 0.399 e. The first-order valence-electron chi connectivity index (χ1n) is 2.26. The first-order chi connectivity index (χ1) is 4.33. The fraction of sp³-hybridized carbons (Fsp3) is 0.667. The van der Waals surface area contributed by atoms with Gasteiger partial charge in [-0.15, -0.1) is 0 Å². The second kappa shape index (κ2) is 1.65. The van der Waals surface area contributed by atoms with Crippen LogP contribution < -0.4 is 5.32 Å². The van der Waals surface area contributed by atoms with Crippen molar-refractivity contribution < 1.29 is 30.0 Å². The van der Waals surface area contributed by atoms with Crippen LogP contribution in [0.25, 0.3) is 0 Å². The normalized spacial score (nSPS) is 28.2. The van der Waals surface area contributed by atoms with E-state index in [1.165, 1.54) is 5.32 Å². The Kier molecular flexibility index (Phi) is 1.22. The van der Waals surface area contributed by atoms with Gasteiger partial charge in [-0.25, -0.2) is 4.79 Å². The first kappa shape index (κ1) is 7.38. The van der Waals surface area contributed by atoms with Gasteiger partial charge < -0.3 is 25.2 Å². The zero-order chi connectivity index (χ0) is 7.99. The number of ether oxygens (including phenoxy) is 1. The second-order valence-corrected chi connectivity index (χ2v) is 1.79. The van der Waals surface area contributed by atoms with E-state index in [-0.39, 0.29) is 0 Å². The molecule has 0 radical (unpaired) electrons. The van der Waals surface area contributed by atoms with Crippen LogP contribution in [0, 0.1) is 0 Å². The van der Waals surface area contributed by atoms with E-state index in [9.17, 15) is 4.79 Å². The van der Waals surface area contributed by atoms with Crippen LogP contribution in [0.15, 0.2) is 0 Å². The van der Waals surface area contributed by atoms with E-state index in [0.29, 0.717) is 0 Å². The van der Waals surface area contributed by atoms with Gasteiger partial charge in [0, 0.05) is 0 Å². The van der Waals surface area contributed by atoms with E-state index >= 15 is 0 Å². The zero-order valence-corrected chi connectivity index (χ0v) is 4.61. The summed E-state index contributed by atoms with van der Waals surface area (Å²) in [5.41, 5.74) is 0. The third-order valence-electron chi connectivity index (χ3n) is 0.857. The molecule has 0 aromatic heterocycles. The lowest BCUT2D eigenvalue weighted by atomic mass is 10.5. The van der Waals surface area contributed by atoms with Crippen molar-refractivity contribution in [2.75, 3.05) is 0 Å². The molecule has 0 aromatic rings. The monoisotopic (exact) mass is 151 g/mol. The van der Waals surface area contributed by atoms with Crippen molar-refractivity contribution in [1.29, 1.82) is 0 Å². The molecule has 1 aliphatic rings. The third kappa shape index (κ3) is 1.08. The van der Waals surface area contributed by atoms with Crippen molar-refractivity contribution in [3.8, 4) is 0 Å². The molecule has 10 heavy (non-hydrogen) atoms. The van der Waals surface area contributed by atoms with Crippen molar-refractivity contribution in [3.63, 3.8) is 0 Å². The highest BCUT2D eigenvalue weighted by Gasteiger charge is 2.54. The maximum atomic E-state index is 10.2. The molecule has 0 spiro atoms. The molecule has 0 atom stereocenters. The molecule has 1 saturated heterocycles. The average molecular weight is 151 g/mol. The average Bonchev–Trinajstić information content (AvgIpc) is 1.73. The van der Waals surface area contributed by atoms with Gasteiger partial charge in [-0.05, 0) is 0 Å². The highest BCUT2D eigenvalue weighted by Crippen LogP contribution is 2.15. The Hall–Kier alpha value is -0.730. The molecule has 5 N–H and O–H groups in total. The molecule has 58 valence electrons. The van der Waals surface area contributed by atoms with Crippen LogP contribution in [0.5, 0.6) is 0 Å². The second-order valence-electron chi connectivity index (χ2n) is 1.79. The lowest BCUT2D eigenvalue weighted by Gasteiger charge is -2.12. The number of carbonyl (C=O) groups excluding carboxylic acids is 1. The predicted octanol–water partition coefficient (Wildman–Crippen LogP) is -3.63. The summed E-state index contributed by atoms with van der Waals surface area (Å²) in [5, 5.41) is 34.9. The number of nitrogens with one attached hydrogen (secondary N) is 1. The molecule has 0 aliphatic carbocycles. The summed E-state index contributed by atoms with van der Waals surface area (Å²) < 4.78 is 3.62. The van der Waals surface area contributed by atoms with Gasteiger partial charge in [-0.1, -0.05) is 0 Å². The van der Waals surface area contributed by atoms with Gasteiger partial charge >= 0.3 is 18.0 Å². The summed E-state index contributed by atoms with van der Waals surface area (Å²) in [6.45, 7) is 0. The molecule has 1 heterocycles. The molecular weight excluding hydrogens is 146 g/mol. The van der Waals surface area contributed by atoms with Crippen LogP contribution >= 0.6 is 0 Å².